The van der Waals surface area contributed by atoms with E-state index in [1.54, 1.807) is 32.0 Å². The molecule has 0 aliphatic heterocycles. The summed E-state index contributed by atoms with van der Waals surface area (Å²) < 4.78 is 25.3. The average Bonchev–Trinajstić information content (AvgIpc) is 3.06. The Morgan fingerprint density at radius 2 is 1.76 bits per heavy atom. The number of carbonyl (C=O) groups is 2. The van der Waals surface area contributed by atoms with E-state index in [0.29, 0.717) is 0 Å². The smallest absolute Gasteiger partial charge is 0.305 e. The van der Waals surface area contributed by atoms with Crippen LogP contribution in [0.25, 0.3) is 0 Å². The minimum Gasteiger partial charge on any atom is -0.481 e. The Kier molecular flexibility index (Phi) is 5.97. The number of hydrogen-bond donors (Lipinski definition) is 1. The average molecular weight is 381 g/mol. The zero-order chi connectivity index (χ0) is 18.6. The predicted octanol–water partition coefficient (Wildman–Crippen LogP) is 2.91. The molecule has 2 aromatic rings. The van der Waals surface area contributed by atoms with Gasteiger partial charge in [-0.2, -0.15) is 0 Å². The zero-order valence-electron chi connectivity index (χ0n) is 13.9. The summed E-state index contributed by atoms with van der Waals surface area (Å²) in [5.41, 5.74) is 0. The standard InChI is InChI=1S/C17H19NO5S2/c1-12(2)18(11-10-15(19)20)17(21)14-8-9-16(24-14)25(22,23)13-6-4-3-5-7-13/h3-9,12H,10-11H2,1-2H3,(H,19,20). The fourth-order valence-corrected chi connectivity index (χ4v) is 4.93. The maximum absolute atomic E-state index is 12.6. The Morgan fingerprint density at radius 3 is 2.32 bits per heavy atom. The second kappa shape index (κ2) is 7.79. The Bertz CT molecular complexity index is 856. The van der Waals surface area contributed by atoms with E-state index in [9.17, 15) is 18.0 Å². The number of amides is 1. The van der Waals surface area contributed by atoms with Crippen molar-refractivity contribution in [2.24, 2.45) is 0 Å². The Morgan fingerprint density at radius 1 is 1.12 bits per heavy atom. The molecule has 0 saturated heterocycles. The van der Waals surface area contributed by atoms with Crippen molar-refractivity contribution in [1.82, 2.24) is 4.90 Å². The maximum atomic E-state index is 12.6. The quantitative estimate of drug-likeness (QED) is 0.796. The lowest BCUT2D eigenvalue weighted by Crippen LogP contribution is -2.38. The van der Waals surface area contributed by atoms with Gasteiger partial charge in [0.1, 0.15) is 4.21 Å². The Balaban J connectivity index is 2.27. The number of benzene rings is 1. The van der Waals surface area contributed by atoms with Crippen LogP contribution in [-0.4, -0.2) is 42.9 Å². The summed E-state index contributed by atoms with van der Waals surface area (Å²) >= 11 is 0.896. The van der Waals surface area contributed by atoms with Gasteiger partial charge in [0.2, 0.25) is 9.84 Å². The van der Waals surface area contributed by atoms with Gasteiger partial charge in [-0.1, -0.05) is 18.2 Å². The number of rotatable bonds is 7. The molecule has 2 rings (SSSR count). The van der Waals surface area contributed by atoms with Crippen molar-refractivity contribution in [2.75, 3.05) is 6.54 Å². The molecule has 0 aliphatic carbocycles. The zero-order valence-corrected chi connectivity index (χ0v) is 15.5. The monoisotopic (exact) mass is 381 g/mol. The number of hydrogen-bond acceptors (Lipinski definition) is 5. The predicted molar refractivity (Wildman–Crippen MR) is 94.6 cm³/mol. The second-order valence-electron chi connectivity index (χ2n) is 5.67. The van der Waals surface area contributed by atoms with Crippen molar-refractivity contribution in [3.63, 3.8) is 0 Å². The van der Waals surface area contributed by atoms with E-state index in [0.717, 1.165) is 11.3 Å². The van der Waals surface area contributed by atoms with Crippen molar-refractivity contribution in [3.8, 4) is 0 Å². The van der Waals surface area contributed by atoms with Gasteiger partial charge in [0.05, 0.1) is 16.2 Å². The highest BCUT2D eigenvalue weighted by Crippen LogP contribution is 2.28. The SMILES string of the molecule is CC(C)N(CCC(=O)O)C(=O)c1ccc(S(=O)(=O)c2ccccc2)s1. The lowest BCUT2D eigenvalue weighted by molar-refractivity contribution is -0.137. The second-order valence-corrected chi connectivity index (χ2v) is 8.93. The molecule has 1 aromatic carbocycles. The molecule has 0 radical (unpaired) electrons. The van der Waals surface area contributed by atoms with Gasteiger partial charge in [0.25, 0.3) is 5.91 Å². The molecule has 1 heterocycles. The van der Waals surface area contributed by atoms with Crippen LogP contribution in [0.5, 0.6) is 0 Å². The third-order valence-corrected chi connectivity index (χ3v) is 6.90. The molecule has 0 fully saturated rings. The van der Waals surface area contributed by atoms with Gasteiger partial charge in [-0.15, -0.1) is 11.3 Å². The molecule has 1 amide bonds. The van der Waals surface area contributed by atoms with Crippen LogP contribution in [0, 0.1) is 0 Å². The van der Waals surface area contributed by atoms with Crippen LogP contribution in [-0.2, 0) is 14.6 Å². The van der Waals surface area contributed by atoms with Crippen LogP contribution in [0.2, 0.25) is 0 Å². The summed E-state index contributed by atoms with van der Waals surface area (Å²) in [6, 6.07) is 10.7. The highest BCUT2D eigenvalue weighted by atomic mass is 32.2. The van der Waals surface area contributed by atoms with Crippen LogP contribution in [0.1, 0.15) is 29.9 Å². The van der Waals surface area contributed by atoms with Crippen molar-refractivity contribution in [2.45, 2.75) is 35.4 Å². The number of thiophene rings is 1. The van der Waals surface area contributed by atoms with E-state index in [2.05, 4.69) is 0 Å². The van der Waals surface area contributed by atoms with E-state index in [4.69, 9.17) is 5.11 Å². The maximum Gasteiger partial charge on any atom is 0.305 e. The summed E-state index contributed by atoms with van der Waals surface area (Å²) in [6.45, 7) is 3.65. The highest BCUT2D eigenvalue weighted by Gasteiger charge is 2.25. The first kappa shape index (κ1) is 19.1. The Hall–Kier alpha value is -2.19. The lowest BCUT2D eigenvalue weighted by atomic mass is 10.2. The van der Waals surface area contributed by atoms with Crippen molar-refractivity contribution in [3.05, 3.63) is 47.3 Å². The first-order valence-electron chi connectivity index (χ1n) is 7.66. The molecule has 0 aliphatic rings. The van der Waals surface area contributed by atoms with Gasteiger partial charge < -0.3 is 10.0 Å². The first-order chi connectivity index (χ1) is 11.7. The topological polar surface area (TPSA) is 91.8 Å². The molecule has 25 heavy (non-hydrogen) atoms. The fraction of sp³-hybridized carbons (Fsp3) is 0.294. The highest BCUT2D eigenvalue weighted by molar-refractivity contribution is 7.93. The summed E-state index contributed by atoms with van der Waals surface area (Å²) in [5, 5.41) is 8.82. The molecule has 1 aromatic heterocycles. The molecule has 6 nitrogen and oxygen atoms in total. The van der Waals surface area contributed by atoms with Gasteiger partial charge in [-0.3, -0.25) is 9.59 Å². The van der Waals surface area contributed by atoms with Crippen LogP contribution in [0.15, 0.2) is 51.6 Å². The van der Waals surface area contributed by atoms with Gasteiger partial charge in [0.15, 0.2) is 0 Å². The third kappa shape index (κ3) is 4.46. The number of carboxylic acids is 1. The van der Waals surface area contributed by atoms with Crippen molar-refractivity contribution < 1.29 is 23.1 Å². The molecule has 1 N–H and O–H groups in total. The van der Waals surface area contributed by atoms with Crippen LogP contribution >= 0.6 is 11.3 Å². The largest absolute Gasteiger partial charge is 0.481 e. The third-order valence-electron chi connectivity index (χ3n) is 3.56. The number of nitrogens with zero attached hydrogens (tertiary/aromatic N) is 1. The summed E-state index contributed by atoms with van der Waals surface area (Å²) in [5.74, 6) is -1.35. The van der Waals surface area contributed by atoms with E-state index < -0.39 is 15.8 Å². The van der Waals surface area contributed by atoms with Gasteiger partial charge >= 0.3 is 5.97 Å². The molecule has 0 bridgehead atoms. The van der Waals surface area contributed by atoms with Gasteiger partial charge in [-0.05, 0) is 38.1 Å². The molecular formula is C17H19NO5S2. The lowest BCUT2D eigenvalue weighted by Gasteiger charge is -2.25. The number of aliphatic carboxylic acids is 1. The van der Waals surface area contributed by atoms with Crippen LogP contribution in [0.4, 0.5) is 0 Å². The normalized spacial score (nSPS) is 11.5. The molecule has 0 unspecified atom stereocenters. The number of carboxylic acid groups (broad SMARTS) is 1. The Labute approximate surface area is 150 Å². The number of sulfone groups is 1. The summed E-state index contributed by atoms with van der Waals surface area (Å²) in [4.78, 5) is 25.3. The van der Waals surface area contributed by atoms with E-state index in [1.165, 1.54) is 29.2 Å². The van der Waals surface area contributed by atoms with E-state index >= 15 is 0 Å². The van der Waals surface area contributed by atoms with E-state index in [-0.39, 0.29) is 38.9 Å². The fourth-order valence-electron chi connectivity index (χ4n) is 2.25. The van der Waals surface area contributed by atoms with Crippen molar-refractivity contribution in [1.29, 1.82) is 0 Å². The van der Waals surface area contributed by atoms with Crippen LogP contribution in [0.3, 0.4) is 0 Å². The molecule has 8 heteroatoms. The minimum absolute atomic E-state index is 0.0739. The van der Waals surface area contributed by atoms with E-state index in [1.807, 2.05) is 0 Å². The number of carbonyl (C=O) groups excluding carboxylic acids is 1. The minimum atomic E-state index is -3.67. The molecule has 0 spiro atoms. The first-order valence-corrected chi connectivity index (χ1v) is 9.96. The molecule has 134 valence electrons. The molecule has 0 saturated carbocycles. The van der Waals surface area contributed by atoms with Crippen molar-refractivity contribution >= 4 is 33.1 Å². The van der Waals surface area contributed by atoms with Gasteiger partial charge in [0, 0.05) is 12.6 Å². The molecular weight excluding hydrogens is 362 g/mol. The van der Waals surface area contributed by atoms with Crippen LogP contribution < -0.4 is 0 Å². The van der Waals surface area contributed by atoms with Gasteiger partial charge in [-0.25, -0.2) is 8.42 Å². The summed E-state index contributed by atoms with van der Waals surface area (Å²) in [7, 11) is -3.67. The summed E-state index contributed by atoms with van der Waals surface area (Å²) in [6.07, 6.45) is -0.162. The molecule has 0 atom stereocenters.